The molecule has 174 valence electrons. The minimum absolute atomic E-state index is 0.0848. The first-order valence-corrected chi connectivity index (χ1v) is 12.7. The standard InChI is InChI=1S/C26H27N5O2S/c1-2-18-12-14-19(15-13-18)27-22(32)17-34-26-28-24-23(21-11-7-4-8-16-30(21)26)25(33)31(29-24)20-9-5-3-6-10-20/h3,5-6,9-10,12-15H,2,4,7-8,11,16-17H2,1H3,(H,27,32). The number of benzene rings is 2. The van der Waals surface area contributed by atoms with E-state index < -0.39 is 0 Å². The van der Waals surface area contributed by atoms with Gasteiger partial charge in [-0.3, -0.25) is 9.59 Å². The quantitative estimate of drug-likeness (QED) is 0.328. The molecule has 0 bridgehead atoms. The van der Waals surface area contributed by atoms with Gasteiger partial charge in [0.05, 0.1) is 11.4 Å². The number of nitrogens with one attached hydrogen (secondary N) is 1. The fourth-order valence-electron chi connectivity index (χ4n) is 4.36. The minimum atomic E-state index is -0.135. The molecule has 5 rings (SSSR count). The van der Waals surface area contributed by atoms with Gasteiger partial charge in [0.25, 0.3) is 5.56 Å². The maximum absolute atomic E-state index is 13.3. The third kappa shape index (κ3) is 4.50. The number of anilines is 1. The van der Waals surface area contributed by atoms with E-state index in [4.69, 9.17) is 4.98 Å². The number of fused-ring (bicyclic) bond motifs is 3. The van der Waals surface area contributed by atoms with Gasteiger partial charge in [-0.25, -0.2) is 4.98 Å². The molecule has 0 atom stereocenters. The van der Waals surface area contributed by atoms with Crippen molar-refractivity contribution in [1.29, 1.82) is 0 Å². The SMILES string of the molecule is CCc1ccc(NC(=O)CSc2nc3nn(-c4ccccc4)c(=O)c-3c3n2CCCCC3)cc1. The number of carbonyl (C=O) groups excluding carboxylic acids is 1. The highest BCUT2D eigenvalue weighted by Crippen LogP contribution is 2.30. The zero-order chi connectivity index (χ0) is 23.5. The molecule has 0 radical (unpaired) electrons. The number of aromatic nitrogens is 4. The molecule has 3 heterocycles. The van der Waals surface area contributed by atoms with Gasteiger partial charge in [0.1, 0.15) is 5.56 Å². The molecule has 0 aliphatic carbocycles. The average Bonchev–Trinajstić information content (AvgIpc) is 3.03. The second kappa shape index (κ2) is 9.85. The van der Waals surface area contributed by atoms with Crippen molar-refractivity contribution < 1.29 is 4.79 Å². The van der Waals surface area contributed by atoms with E-state index in [0.29, 0.717) is 11.4 Å². The van der Waals surface area contributed by atoms with Crippen LogP contribution in [0.1, 0.15) is 37.4 Å². The van der Waals surface area contributed by atoms with Crippen LogP contribution in [-0.2, 0) is 24.2 Å². The molecule has 0 saturated heterocycles. The molecule has 0 aromatic heterocycles. The molecule has 0 saturated carbocycles. The Morgan fingerprint density at radius 3 is 2.62 bits per heavy atom. The zero-order valence-electron chi connectivity index (χ0n) is 19.2. The van der Waals surface area contributed by atoms with E-state index in [2.05, 4.69) is 21.9 Å². The first-order chi connectivity index (χ1) is 16.6. The van der Waals surface area contributed by atoms with Crippen molar-refractivity contribution in [2.24, 2.45) is 0 Å². The molecular weight excluding hydrogens is 446 g/mol. The summed E-state index contributed by atoms with van der Waals surface area (Å²) in [6, 6.07) is 17.3. The summed E-state index contributed by atoms with van der Waals surface area (Å²) in [7, 11) is 0. The van der Waals surface area contributed by atoms with Crippen molar-refractivity contribution in [2.45, 2.75) is 50.7 Å². The second-order valence-electron chi connectivity index (χ2n) is 8.44. The second-order valence-corrected chi connectivity index (χ2v) is 9.38. The molecule has 0 spiro atoms. The fraction of sp³-hybridized carbons (Fsp3) is 0.308. The van der Waals surface area contributed by atoms with Gasteiger partial charge < -0.3 is 9.88 Å². The third-order valence-electron chi connectivity index (χ3n) is 6.15. The van der Waals surface area contributed by atoms with E-state index in [1.54, 1.807) is 0 Å². The molecule has 0 unspecified atom stereocenters. The number of amides is 1. The highest BCUT2D eigenvalue weighted by Gasteiger charge is 2.27. The van der Waals surface area contributed by atoms with Gasteiger partial charge in [-0.2, -0.15) is 4.68 Å². The van der Waals surface area contributed by atoms with Gasteiger partial charge >= 0.3 is 0 Å². The van der Waals surface area contributed by atoms with E-state index >= 15 is 0 Å². The van der Waals surface area contributed by atoms with Crippen LogP contribution >= 0.6 is 11.8 Å². The molecule has 34 heavy (non-hydrogen) atoms. The van der Waals surface area contributed by atoms with Gasteiger partial charge in [-0.15, -0.1) is 5.10 Å². The monoisotopic (exact) mass is 473 g/mol. The molecular formula is C26H27N5O2S. The van der Waals surface area contributed by atoms with Crippen LogP contribution in [0, 0.1) is 0 Å². The van der Waals surface area contributed by atoms with E-state index in [1.807, 2.05) is 54.6 Å². The molecule has 3 aliphatic rings. The number of hydrogen-bond donors (Lipinski definition) is 1. The number of para-hydroxylation sites is 1. The maximum Gasteiger partial charge on any atom is 0.284 e. The first kappa shape index (κ1) is 22.4. The number of nitrogens with zero attached hydrogens (tertiary/aromatic N) is 4. The first-order valence-electron chi connectivity index (χ1n) is 11.7. The van der Waals surface area contributed by atoms with Crippen LogP contribution in [0.2, 0.25) is 0 Å². The normalized spacial score (nSPS) is 13.4. The lowest BCUT2D eigenvalue weighted by molar-refractivity contribution is -0.113. The van der Waals surface area contributed by atoms with Crippen molar-refractivity contribution >= 4 is 23.4 Å². The lowest BCUT2D eigenvalue weighted by Crippen LogP contribution is -2.20. The van der Waals surface area contributed by atoms with E-state index in [-0.39, 0.29) is 17.2 Å². The van der Waals surface area contributed by atoms with Crippen LogP contribution in [-0.4, -0.2) is 31.0 Å². The van der Waals surface area contributed by atoms with Crippen LogP contribution in [0.25, 0.3) is 17.1 Å². The maximum atomic E-state index is 13.3. The van der Waals surface area contributed by atoms with Gasteiger partial charge in [0.2, 0.25) is 5.91 Å². The average molecular weight is 474 g/mol. The molecule has 7 nitrogen and oxygen atoms in total. The highest BCUT2D eigenvalue weighted by molar-refractivity contribution is 7.99. The Labute approximate surface area is 202 Å². The number of thioether (sulfide) groups is 1. The summed E-state index contributed by atoms with van der Waals surface area (Å²) in [5.74, 6) is 0.593. The van der Waals surface area contributed by atoms with Crippen molar-refractivity contribution in [3.05, 3.63) is 76.2 Å². The summed E-state index contributed by atoms with van der Waals surface area (Å²) >= 11 is 1.39. The van der Waals surface area contributed by atoms with Crippen LogP contribution in [0.3, 0.4) is 0 Å². The van der Waals surface area contributed by atoms with Gasteiger partial charge in [-0.1, -0.05) is 55.4 Å². The van der Waals surface area contributed by atoms with Crippen LogP contribution < -0.4 is 10.9 Å². The number of rotatable bonds is 6. The largest absolute Gasteiger partial charge is 0.325 e. The Balaban J connectivity index is 1.45. The van der Waals surface area contributed by atoms with Crippen LogP contribution in [0.15, 0.2) is 64.5 Å². The summed E-state index contributed by atoms with van der Waals surface area (Å²) in [6.45, 7) is 2.89. The fourth-order valence-corrected chi connectivity index (χ4v) is 5.20. The van der Waals surface area contributed by atoms with E-state index in [1.165, 1.54) is 22.0 Å². The molecule has 0 fully saturated rings. The lowest BCUT2D eigenvalue weighted by atomic mass is 10.1. The third-order valence-corrected chi connectivity index (χ3v) is 7.12. The Morgan fingerprint density at radius 1 is 1.06 bits per heavy atom. The lowest BCUT2D eigenvalue weighted by Gasteiger charge is -2.17. The number of hydrogen-bond acceptors (Lipinski definition) is 5. The van der Waals surface area contributed by atoms with E-state index in [9.17, 15) is 9.59 Å². The molecule has 1 amide bonds. The van der Waals surface area contributed by atoms with Crippen LogP contribution in [0.5, 0.6) is 0 Å². The van der Waals surface area contributed by atoms with E-state index in [0.717, 1.165) is 60.9 Å². The van der Waals surface area contributed by atoms with Gasteiger partial charge in [0, 0.05) is 17.9 Å². The van der Waals surface area contributed by atoms with Crippen molar-refractivity contribution in [2.75, 3.05) is 11.1 Å². The summed E-state index contributed by atoms with van der Waals surface area (Å²) in [4.78, 5) is 30.7. The Kier molecular flexibility index (Phi) is 6.49. The summed E-state index contributed by atoms with van der Waals surface area (Å²) in [5.41, 5.74) is 4.18. The van der Waals surface area contributed by atoms with Crippen LogP contribution in [0.4, 0.5) is 5.69 Å². The molecule has 1 N–H and O–H groups in total. The highest BCUT2D eigenvalue weighted by atomic mass is 32.2. The molecule has 2 aromatic carbocycles. The van der Waals surface area contributed by atoms with Gasteiger partial charge in [0.15, 0.2) is 11.0 Å². The smallest absolute Gasteiger partial charge is 0.284 e. The predicted molar refractivity (Wildman–Crippen MR) is 135 cm³/mol. The topological polar surface area (TPSA) is 81.8 Å². The summed E-state index contributed by atoms with van der Waals surface area (Å²) in [5, 5.41) is 8.25. The summed E-state index contributed by atoms with van der Waals surface area (Å²) in [6.07, 6.45) is 4.91. The van der Waals surface area contributed by atoms with Crippen molar-refractivity contribution in [3.63, 3.8) is 0 Å². The molecule has 3 aliphatic heterocycles. The Bertz CT molecular complexity index is 1330. The molecule has 2 aromatic rings. The van der Waals surface area contributed by atoms with Gasteiger partial charge in [-0.05, 0) is 55.5 Å². The summed E-state index contributed by atoms with van der Waals surface area (Å²) < 4.78 is 3.56. The zero-order valence-corrected chi connectivity index (χ0v) is 20.0. The number of carbonyl (C=O) groups is 1. The predicted octanol–water partition coefficient (Wildman–Crippen LogP) is 4.55. The Hall–Kier alpha value is -3.39. The van der Waals surface area contributed by atoms with Crippen molar-refractivity contribution in [1.82, 2.24) is 19.3 Å². The minimum Gasteiger partial charge on any atom is -0.325 e. The van der Waals surface area contributed by atoms with Crippen molar-refractivity contribution in [3.8, 4) is 17.1 Å². The molecule has 8 heteroatoms. The Morgan fingerprint density at radius 2 is 1.85 bits per heavy atom. The number of aryl methyl sites for hydroxylation is 1.